The first-order chi connectivity index (χ1) is 8.67. The SMILES string of the molecule is CCNc1ncc(F)c(N2CCC(C)C2CO)n1. The average molecular weight is 254 g/mol. The summed E-state index contributed by atoms with van der Waals surface area (Å²) in [6.07, 6.45) is 2.11. The highest BCUT2D eigenvalue weighted by Gasteiger charge is 2.33. The van der Waals surface area contributed by atoms with Gasteiger partial charge in [0.05, 0.1) is 18.8 Å². The standard InChI is InChI=1S/C12H19FN4O/c1-3-14-12-15-6-9(13)11(16-12)17-5-4-8(2)10(17)7-18/h6,8,10,18H,3-5,7H2,1-2H3,(H,14,15,16). The highest BCUT2D eigenvalue weighted by Crippen LogP contribution is 2.30. The van der Waals surface area contributed by atoms with Crippen LogP contribution in [0, 0.1) is 11.7 Å². The lowest BCUT2D eigenvalue weighted by molar-refractivity contribution is 0.244. The lowest BCUT2D eigenvalue weighted by Gasteiger charge is -2.26. The van der Waals surface area contributed by atoms with Gasteiger partial charge in [0.1, 0.15) is 0 Å². The summed E-state index contributed by atoms with van der Waals surface area (Å²) in [6, 6.07) is -0.0659. The molecular formula is C12H19FN4O. The second-order valence-electron chi connectivity index (χ2n) is 4.60. The Labute approximate surface area is 106 Å². The summed E-state index contributed by atoms with van der Waals surface area (Å²) in [5, 5.41) is 12.4. The van der Waals surface area contributed by atoms with E-state index in [9.17, 15) is 9.50 Å². The minimum absolute atomic E-state index is 0.0150. The van der Waals surface area contributed by atoms with E-state index in [1.807, 2.05) is 11.8 Å². The molecule has 0 aromatic carbocycles. The van der Waals surface area contributed by atoms with Crippen molar-refractivity contribution in [3.63, 3.8) is 0 Å². The number of anilines is 2. The Hall–Kier alpha value is -1.43. The summed E-state index contributed by atoms with van der Waals surface area (Å²) in [7, 11) is 0. The van der Waals surface area contributed by atoms with Crippen LogP contribution in [0.2, 0.25) is 0 Å². The van der Waals surface area contributed by atoms with Crippen LogP contribution in [-0.4, -0.2) is 40.8 Å². The van der Waals surface area contributed by atoms with Gasteiger partial charge in [-0.25, -0.2) is 9.37 Å². The van der Waals surface area contributed by atoms with Crippen LogP contribution in [-0.2, 0) is 0 Å². The van der Waals surface area contributed by atoms with Crippen LogP contribution in [0.25, 0.3) is 0 Å². The number of aliphatic hydroxyl groups excluding tert-OH is 1. The van der Waals surface area contributed by atoms with Crippen LogP contribution in [0.1, 0.15) is 20.3 Å². The maximum atomic E-state index is 13.8. The fraction of sp³-hybridized carbons (Fsp3) is 0.667. The molecule has 1 aromatic heterocycles. The average Bonchev–Trinajstić information content (AvgIpc) is 2.73. The van der Waals surface area contributed by atoms with Gasteiger partial charge in [-0.05, 0) is 19.3 Å². The van der Waals surface area contributed by atoms with Crippen molar-refractivity contribution in [1.82, 2.24) is 9.97 Å². The summed E-state index contributed by atoms with van der Waals surface area (Å²) < 4.78 is 13.8. The fourth-order valence-electron chi connectivity index (χ4n) is 2.35. The zero-order chi connectivity index (χ0) is 13.1. The predicted molar refractivity (Wildman–Crippen MR) is 68.2 cm³/mol. The quantitative estimate of drug-likeness (QED) is 0.847. The molecule has 6 heteroatoms. The van der Waals surface area contributed by atoms with Gasteiger partial charge in [0.15, 0.2) is 11.6 Å². The molecule has 0 amide bonds. The number of nitrogens with one attached hydrogen (secondary N) is 1. The van der Waals surface area contributed by atoms with Crippen molar-refractivity contribution in [2.24, 2.45) is 5.92 Å². The number of nitrogens with zero attached hydrogens (tertiary/aromatic N) is 3. The zero-order valence-electron chi connectivity index (χ0n) is 10.7. The van der Waals surface area contributed by atoms with E-state index in [1.165, 1.54) is 6.20 Å². The van der Waals surface area contributed by atoms with Crippen LogP contribution in [0.4, 0.5) is 16.2 Å². The van der Waals surface area contributed by atoms with Gasteiger partial charge >= 0.3 is 0 Å². The molecule has 0 spiro atoms. The van der Waals surface area contributed by atoms with Gasteiger partial charge in [0, 0.05) is 13.1 Å². The van der Waals surface area contributed by atoms with Crippen molar-refractivity contribution in [2.75, 3.05) is 29.9 Å². The van der Waals surface area contributed by atoms with E-state index in [-0.39, 0.29) is 18.5 Å². The second kappa shape index (κ2) is 5.48. The number of rotatable bonds is 4. The number of aromatic nitrogens is 2. The Balaban J connectivity index is 2.29. The van der Waals surface area contributed by atoms with Gasteiger partial charge in [0.2, 0.25) is 5.95 Å². The summed E-state index contributed by atoms with van der Waals surface area (Å²) in [5.41, 5.74) is 0. The zero-order valence-corrected chi connectivity index (χ0v) is 10.7. The molecule has 2 rings (SSSR count). The summed E-state index contributed by atoms with van der Waals surface area (Å²) in [4.78, 5) is 9.91. The first-order valence-corrected chi connectivity index (χ1v) is 6.31. The lowest BCUT2D eigenvalue weighted by atomic mass is 10.0. The number of aliphatic hydroxyl groups is 1. The van der Waals surface area contributed by atoms with Gasteiger partial charge < -0.3 is 15.3 Å². The van der Waals surface area contributed by atoms with Gasteiger partial charge in [-0.15, -0.1) is 0 Å². The Morgan fingerprint density at radius 3 is 3.06 bits per heavy atom. The minimum atomic E-state index is -0.441. The van der Waals surface area contributed by atoms with Crippen molar-refractivity contribution >= 4 is 11.8 Å². The predicted octanol–water partition coefficient (Wildman–Crippen LogP) is 1.25. The van der Waals surface area contributed by atoms with Crippen LogP contribution >= 0.6 is 0 Å². The van der Waals surface area contributed by atoms with Crippen molar-refractivity contribution < 1.29 is 9.50 Å². The van der Waals surface area contributed by atoms with Crippen molar-refractivity contribution in [3.05, 3.63) is 12.0 Å². The number of hydrogen-bond acceptors (Lipinski definition) is 5. The Morgan fingerprint density at radius 1 is 1.61 bits per heavy atom. The van der Waals surface area contributed by atoms with Crippen LogP contribution < -0.4 is 10.2 Å². The summed E-state index contributed by atoms with van der Waals surface area (Å²) >= 11 is 0. The highest BCUT2D eigenvalue weighted by atomic mass is 19.1. The summed E-state index contributed by atoms with van der Waals surface area (Å²) in [5.74, 6) is 0.602. The van der Waals surface area contributed by atoms with Gasteiger partial charge in [-0.3, -0.25) is 0 Å². The van der Waals surface area contributed by atoms with E-state index in [4.69, 9.17) is 0 Å². The van der Waals surface area contributed by atoms with E-state index in [1.54, 1.807) is 0 Å². The molecule has 2 N–H and O–H groups in total. The molecule has 1 aliphatic rings. The molecule has 1 aliphatic heterocycles. The number of hydrogen-bond donors (Lipinski definition) is 2. The molecule has 2 heterocycles. The maximum absolute atomic E-state index is 13.8. The molecule has 18 heavy (non-hydrogen) atoms. The molecule has 5 nitrogen and oxygen atoms in total. The first kappa shape index (κ1) is 13.0. The Kier molecular flexibility index (Phi) is 3.96. The molecule has 1 aromatic rings. The van der Waals surface area contributed by atoms with E-state index >= 15 is 0 Å². The largest absolute Gasteiger partial charge is 0.394 e. The van der Waals surface area contributed by atoms with Crippen molar-refractivity contribution in [2.45, 2.75) is 26.3 Å². The third-order valence-electron chi connectivity index (χ3n) is 3.40. The van der Waals surface area contributed by atoms with Crippen molar-refractivity contribution in [3.8, 4) is 0 Å². The van der Waals surface area contributed by atoms with E-state index in [0.29, 0.717) is 25.0 Å². The third-order valence-corrected chi connectivity index (χ3v) is 3.40. The van der Waals surface area contributed by atoms with Crippen LogP contribution in [0.3, 0.4) is 0 Å². The van der Waals surface area contributed by atoms with E-state index < -0.39 is 5.82 Å². The third kappa shape index (κ3) is 2.38. The Bertz CT molecular complexity index is 415. The van der Waals surface area contributed by atoms with Gasteiger partial charge in [-0.1, -0.05) is 6.92 Å². The monoisotopic (exact) mass is 254 g/mol. The van der Waals surface area contributed by atoms with Crippen LogP contribution in [0.5, 0.6) is 0 Å². The molecule has 2 atom stereocenters. The topological polar surface area (TPSA) is 61.3 Å². The molecule has 100 valence electrons. The first-order valence-electron chi connectivity index (χ1n) is 6.31. The highest BCUT2D eigenvalue weighted by molar-refractivity contribution is 5.46. The molecule has 0 bridgehead atoms. The molecule has 1 fully saturated rings. The molecule has 0 saturated carbocycles. The molecule has 0 radical (unpaired) electrons. The van der Waals surface area contributed by atoms with Crippen molar-refractivity contribution in [1.29, 1.82) is 0 Å². The normalized spacial score (nSPS) is 23.4. The van der Waals surface area contributed by atoms with Gasteiger partial charge in [-0.2, -0.15) is 4.98 Å². The van der Waals surface area contributed by atoms with E-state index in [0.717, 1.165) is 6.42 Å². The molecule has 0 aliphatic carbocycles. The minimum Gasteiger partial charge on any atom is -0.394 e. The van der Waals surface area contributed by atoms with Crippen LogP contribution in [0.15, 0.2) is 6.20 Å². The smallest absolute Gasteiger partial charge is 0.224 e. The van der Waals surface area contributed by atoms with Gasteiger partial charge in [0.25, 0.3) is 0 Å². The summed E-state index contributed by atoms with van der Waals surface area (Å²) in [6.45, 7) is 5.41. The molecular weight excluding hydrogens is 235 g/mol. The molecule has 1 saturated heterocycles. The Morgan fingerprint density at radius 2 is 2.39 bits per heavy atom. The molecule has 2 unspecified atom stereocenters. The maximum Gasteiger partial charge on any atom is 0.224 e. The fourth-order valence-corrected chi connectivity index (χ4v) is 2.35. The number of halogens is 1. The van der Waals surface area contributed by atoms with E-state index in [2.05, 4.69) is 22.2 Å². The lowest BCUT2D eigenvalue weighted by Crippen LogP contribution is -2.36. The second-order valence-corrected chi connectivity index (χ2v) is 4.60.